The lowest BCUT2D eigenvalue weighted by atomic mass is 9.76. The first-order valence-electron chi connectivity index (χ1n) is 12.1. The summed E-state index contributed by atoms with van der Waals surface area (Å²) < 4.78 is 5.70. The molecular weight excluding hydrogens is 486 g/mol. The number of rotatable bonds is 4. The van der Waals surface area contributed by atoms with Gasteiger partial charge in [0.05, 0.1) is 24.5 Å². The summed E-state index contributed by atoms with van der Waals surface area (Å²) in [7, 11) is 0. The van der Waals surface area contributed by atoms with E-state index in [9.17, 15) is 24.6 Å². The Balaban J connectivity index is 1.45. The Morgan fingerprint density at radius 2 is 1.94 bits per heavy atom. The third-order valence-corrected chi connectivity index (χ3v) is 8.20. The van der Waals surface area contributed by atoms with Gasteiger partial charge in [0.25, 0.3) is 0 Å². The van der Waals surface area contributed by atoms with Gasteiger partial charge in [-0.2, -0.15) is 0 Å². The number of likely N-dealkylation sites (tertiary alicyclic amines) is 1. The molecule has 36 heavy (non-hydrogen) atoms. The van der Waals surface area contributed by atoms with E-state index in [1.54, 1.807) is 18.2 Å². The Kier molecular flexibility index (Phi) is 5.30. The number of halogens is 1. The van der Waals surface area contributed by atoms with Gasteiger partial charge >= 0.3 is 0 Å². The molecule has 4 aliphatic rings. The molecule has 3 saturated heterocycles. The van der Waals surface area contributed by atoms with E-state index in [0.717, 1.165) is 18.4 Å². The maximum absolute atomic E-state index is 13.9. The first-order valence-corrected chi connectivity index (χ1v) is 12.5. The van der Waals surface area contributed by atoms with Crippen LogP contribution in [0, 0.1) is 18.8 Å². The van der Waals surface area contributed by atoms with Gasteiger partial charge in [-0.15, -0.1) is 0 Å². The van der Waals surface area contributed by atoms with Crippen molar-refractivity contribution in [3.05, 3.63) is 52.0 Å². The van der Waals surface area contributed by atoms with Crippen molar-refractivity contribution in [1.82, 2.24) is 10.2 Å². The van der Waals surface area contributed by atoms with Crippen LogP contribution in [0.3, 0.4) is 0 Å². The standard InChI is InChI=1S/C26H26ClN3O6/c1-12-7-14(27)10-16-22(12)28-25(35)26(16)21-20(17(29-26)8-13-4-5-18(31)19(32)9-13)23(33)30(24(21)34)11-15-3-2-6-36-15/h4-5,7,9-10,15,17,20-21,29,31-32H,2-3,6,8,11H2,1H3,(H,28,35)/t15?,17-,20-,21+,26+/m0/s1. The number of amides is 3. The van der Waals surface area contributed by atoms with Gasteiger partial charge in [-0.1, -0.05) is 17.7 Å². The van der Waals surface area contributed by atoms with Gasteiger partial charge in [0.15, 0.2) is 11.5 Å². The fraction of sp³-hybridized carbons (Fsp3) is 0.423. The predicted octanol–water partition coefficient (Wildman–Crippen LogP) is 2.20. The highest BCUT2D eigenvalue weighted by molar-refractivity contribution is 6.31. The topological polar surface area (TPSA) is 128 Å². The van der Waals surface area contributed by atoms with Gasteiger partial charge in [-0.3, -0.25) is 24.6 Å². The molecular formula is C26H26ClN3O6. The van der Waals surface area contributed by atoms with E-state index in [1.165, 1.54) is 17.0 Å². The number of imide groups is 1. The van der Waals surface area contributed by atoms with E-state index in [-0.39, 0.29) is 36.5 Å². The quantitative estimate of drug-likeness (QED) is 0.366. The average molecular weight is 512 g/mol. The summed E-state index contributed by atoms with van der Waals surface area (Å²) in [6.45, 7) is 2.59. The number of phenols is 2. The molecule has 1 spiro atoms. The van der Waals surface area contributed by atoms with E-state index in [1.807, 2.05) is 6.92 Å². The third kappa shape index (κ3) is 3.26. The molecule has 0 aliphatic carbocycles. The second kappa shape index (κ2) is 8.19. The van der Waals surface area contributed by atoms with Crippen LogP contribution in [0.15, 0.2) is 30.3 Å². The van der Waals surface area contributed by atoms with E-state index in [4.69, 9.17) is 16.3 Å². The van der Waals surface area contributed by atoms with Gasteiger partial charge < -0.3 is 20.3 Å². The zero-order valence-corrected chi connectivity index (χ0v) is 20.3. The minimum absolute atomic E-state index is 0.163. The normalized spacial score (nSPS) is 30.8. The van der Waals surface area contributed by atoms with Crippen molar-refractivity contribution in [2.75, 3.05) is 18.5 Å². The maximum Gasteiger partial charge on any atom is 0.250 e. The van der Waals surface area contributed by atoms with Crippen LogP contribution in [0.5, 0.6) is 11.5 Å². The highest BCUT2D eigenvalue weighted by Crippen LogP contribution is 2.54. The van der Waals surface area contributed by atoms with Gasteiger partial charge in [0.2, 0.25) is 17.7 Å². The molecule has 5 atom stereocenters. The molecule has 0 bridgehead atoms. The number of aryl methyl sites for hydroxylation is 1. The number of aromatic hydroxyl groups is 2. The summed E-state index contributed by atoms with van der Waals surface area (Å²) in [5, 5.41) is 26.4. The molecule has 3 fully saturated rings. The van der Waals surface area contributed by atoms with Crippen molar-refractivity contribution in [2.24, 2.45) is 11.8 Å². The molecule has 0 saturated carbocycles. The average Bonchev–Trinajstić information content (AvgIpc) is 3.57. The zero-order chi connectivity index (χ0) is 25.4. The monoisotopic (exact) mass is 511 g/mol. The van der Waals surface area contributed by atoms with Crippen LogP contribution in [0.2, 0.25) is 5.02 Å². The number of carbonyl (C=O) groups is 3. The first kappa shape index (κ1) is 23.3. The van der Waals surface area contributed by atoms with Crippen LogP contribution < -0.4 is 10.6 Å². The van der Waals surface area contributed by atoms with E-state index in [2.05, 4.69) is 10.6 Å². The Hall–Kier alpha value is -3.14. The number of nitrogens with one attached hydrogen (secondary N) is 2. The zero-order valence-electron chi connectivity index (χ0n) is 19.6. The maximum atomic E-state index is 13.9. The number of fused-ring (bicyclic) bond motifs is 4. The summed E-state index contributed by atoms with van der Waals surface area (Å²) in [4.78, 5) is 42.6. The summed E-state index contributed by atoms with van der Waals surface area (Å²) in [5.41, 5.74) is 1.11. The van der Waals surface area contributed by atoms with Crippen LogP contribution in [0.1, 0.15) is 29.5 Å². The Morgan fingerprint density at radius 3 is 2.67 bits per heavy atom. The lowest BCUT2D eigenvalue weighted by Gasteiger charge is -2.30. The molecule has 188 valence electrons. The minimum Gasteiger partial charge on any atom is -0.504 e. The number of benzene rings is 2. The highest BCUT2D eigenvalue weighted by atomic mass is 35.5. The summed E-state index contributed by atoms with van der Waals surface area (Å²) in [5.74, 6) is -3.42. The van der Waals surface area contributed by atoms with Crippen molar-refractivity contribution in [3.8, 4) is 11.5 Å². The Morgan fingerprint density at radius 1 is 1.14 bits per heavy atom. The highest BCUT2D eigenvalue weighted by Gasteiger charge is 2.70. The van der Waals surface area contributed by atoms with E-state index < -0.39 is 35.2 Å². The van der Waals surface area contributed by atoms with E-state index >= 15 is 0 Å². The Bertz CT molecular complexity index is 1310. The molecule has 4 aliphatic heterocycles. The minimum atomic E-state index is -1.46. The lowest BCUT2D eigenvalue weighted by molar-refractivity contribution is -0.144. The summed E-state index contributed by atoms with van der Waals surface area (Å²) in [6.07, 6.45) is 1.68. The number of hydrogen-bond donors (Lipinski definition) is 4. The van der Waals surface area contributed by atoms with E-state index in [0.29, 0.717) is 28.4 Å². The predicted molar refractivity (Wildman–Crippen MR) is 130 cm³/mol. The van der Waals surface area contributed by atoms with Crippen LogP contribution in [0.25, 0.3) is 0 Å². The fourth-order valence-electron chi connectivity index (χ4n) is 6.39. The second-order valence-corrected chi connectivity index (χ2v) is 10.5. The van der Waals surface area contributed by atoms with Crippen molar-refractivity contribution >= 4 is 35.0 Å². The second-order valence-electron chi connectivity index (χ2n) is 10.1. The Labute approximate surface area is 212 Å². The molecule has 0 radical (unpaired) electrons. The van der Waals surface area contributed by atoms with Crippen LogP contribution in [0.4, 0.5) is 5.69 Å². The number of ether oxygens (including phenoxy) is 1. The first-order chi connectivity index (χ1) is 17.2. The molecule has 0 aromatic heterocycles. The van der Waals surface area contributed by atoms with Gasteiger partial charge in [0.1, 0.15) is 5.54 Å². The molecule has 4 N–H and O–H groups in total. The molecule has 1 unspecified atom stereocenters. The SMILES string of the molecule is Cc1cc(Cl)cc2c1NC(=O)[C@@]21N[C@@H](Cc2ccc(O)c(O)c2)[C@@H]2C(=O)N(CC3CCCO3)C(=O)[C@@H]21. The molecule has 10 heteroatoms. The summed E-state index contributed by atoms with van der Waals surface area (Å²) in [6, 6.07) is 7.28. The van der Waals surface area contributed by atoms with Crippen LogP contribution in [-0.4, -0.2) is 58.1 Å². The fourth-order valence-corrected chi connectivity index (χ4v) is 6.66. The molecule has 2 aromatic rings. The lowest BCUT2D eigenvalue weighted by Crippen LogP contribution is -2.54. The van der Waals surface area contributed by atoms with Gasteiger partial charge in [-0.25, -0.2) is 0 Å². The molecule has 9 nitrogen and oxygen atoms in total. The van der Waals surface area contributed by atoms with Crippen LogP contribution >= 0.6 is 11.6 Å². The van der Waals surface area contributed by atoms with Crippen molar-refractivity contribution < 1.29 is 29.3 Å². The van der Waals surface area contributed by atoms with Crippen molar-refractivity contribution in [2.45, 2.75) is 43.9 Å². The molecule has 6 rings (SSSR count). The number of carbonyl (C=O) groups excluding carboxylic acids is 3. The molecule has 2 aromatic carbocycles. The smallest absolute Gasteiger partial charge is 0.250 e. The van der Waals surface area contributed by atoms with Crippen molar-refractivity contribution in [3.63, 3.8) is 0 Å². The van der Waals surface area contributed by atoms with Gasteiger partial charge in [0, 0.05) is 28.9 Å². The molecule has 3 amide bonds. The van der Waals surface area contributed by atoms with Crippen LogP contribution in [-0.2, 0) is 31.1 Å². The number of anilines is 1. The van der Waals surface area contributed by atoms with Gasteiger partial charge in [-0.05, 0) is 61.6 Å². The third-order valence-electron chi connectivity index (χ3n) is 7.98. The summed E-state index contributed by atoms with van der Waals surface area (Å²) >= 11 is 6.39. The number of phenolic OH excluding ortho intramolecular Hbond substituents is 2. The molecule has 4 heterocycles. The number of nitrogens with zero attached hydrogens (tertiary/aromatic N) is 1. The largest absolute Gasteiger partial charge is 0.504 e. The number of hydrogen-bond acceptors (Lipinski definition) is 7. The van der Waals surface area contributed by atoms with Crippen molar-refractivity contribution in [1.29, 1.82) is 0 Å².